The highest BCUT2D eigenvalue weighted by Gasteiger charge is 2.30. The van der Waals surface area contributed by atoms with E-state index in [1.54, 1.807) is 24.2 Å². The summed E-state index contributed by atoms with van der Waals surface area (Å²) in [6.45, 7) is 2.36. The highest BCUT2D eigenvalue weighted by atomic mass is 28.3. The van der Waals surface area contributed by atoms with Crippen LogP contribution in [0.5, 0.6) is 0 Å². The van der Waals surface area contributed by atoms with Crippen molar-refractivity contribution in [3.8, 4) is 0 Å². The molecule has 0 atom stereocenters. The maximum Gasteiger partial charge on any atom is 0.123 e. The highest BCUT2D eigenvalue weighted by Crippen LogP contribution is 2.41. The van der Waals surface area contributed by atoms with Crippen molar-refractivity contribution in [2.45, 2.75) is 76.4 Å². The molecule has 2 heteroatoms. The fourth-order valence-corrected chi connectivity index (χ4v) is 8.44. The van der Waals surface area contributed by atoms with E-state index in [0.717, 1.165) is 17.8 Å². The summed E-state index contributed by atoms with van der Waals surface area (Å²) in [6, 6.07) is 11.7. The van der Waals surface area contributed by atoms with Crippen molar-refractivity contribution in [2.24, 2.45) is 17.8 Å². The summed E-state index contributed by atoms with van der Waals surface area (Å²) in [7, 11) is -0.513. The molecule has 0 bridgehead atoms. The third kappa shape index (κ3) is 4.92. The summed E-state index contributed by atoms with van der Waals surface area (Å²) >= 11 is 0. The molecule has 0 N–H and O–H groups in total. The number of hydrogen-bond acceptors (Lipinski definition) is 0. The van der Waals surface area contributed by atoms with Crippen molar-refractivity contribution in [3.05, 3.63) is 35.6 Å². The normalized spacial score (nSPS) is 31.9. The zero-order chi connectivity index (χ0) is 16.1. The summed E-state index contributed by atoms with van der Waals surface area (Å²) in [5.41, 5.74) is 1.33. The van der Waals surface area contributed by atoms with Crippen LogP contribution in [0.15, 0.2) is 24.3 Å². The Labute approximate surface area is 143 Å². The van der Waals surface area contributed by atoms with Gasteiger partial charge in [-0.3, -0.25) is 0 Å². The molecule has 1 heterocycles. The van der Waals surface area contributed by atoms with Gasteiger partial charge >= 0.3 is 0 Å². The van der Waals surface area contributed by atoms with E-state index in [1.165, 1.54) is 63.0 Å². The molecule has 2 fully saturated rings. The van der Waals surface area contributed by atoms with Crippen molar-refractivity contribution in [3.63, 3.8) is 0 Å². The largest absolute Gasteiger partial charge is 0.207 e. The topological polar surface area (TPSA) is 0 Å². The van der Waals surface area contributed by atoms with Crippen LogP contribution in [0, 0.1) is 23.6 Å². The van der Waals surface area contributed by atoms with Crippen LogP contribution in [0.3, 0.4) is 0 Å². The Hall–Kier alpha value is -0.633. The summed E-state index contributed by atoms with van der Waals surface area (Å²) in [5.74, 6) is 3.05. The molecule has 0 aromatic heterocycles. The average Bonchev–Trinajstić information content (AvgIpc) is 2.62. The van der Waals surface area contributed by atoms with Gasteiger partial charge in [0, 0.05) is 8.80 Å². The Morgan fingerprint density at radius 3 is 2.13 bits per heavy atom. The summed E-state index contributed by atoms with van der Waals surface area (Å²) in [5, 5.41) is 0. The fraction of sp³-hybridized carbons (Fsp3) is 0.714. The van der Waals surface area contributed by atoms with Crippen molar-refractivity contribution in [2.75, 3.05) is 0 Å². The molecule has 1 aliphatic carbocycles. The molecule has 3 rings (SSSR count). The zero-order valence-corrected chi connectivity index (χ0v) is 15.9. The molecule has 23 heavy (non-hydrogen) atoms. The smallest absolute Gasteiger partial charge is 0.123 e. The minimum absolute atomic E-state index is 0.107. The maximum atomic E-state index is 13.0. The van der Waals surface area contributed by atoms with Crippen LogP contribution < -0.4 is 0 Å². The Bertz CT molecular complexity index is 453. The molecule has 2 aliphatic rings. The number of benzene rings is 1. The Balaban J connectivity index is 1.38. The standard InChI is InChI=1S/C21H33FSi/c1-2-17-3-7-19(8-4-17)20-12-15-23(16-13-20)14-11-18-5-9-21(22)10-6-18/h5-6,9-10,17,19-20,23H,2-4,7-8,11-16H2,1H3/t17-,19-,20-,23-. The Kier molecular flexibility index (Phi) is 6.33. The number of aryl methyl sites for hydroxylation is 1. The van der Waals surface area contributed by atoms with Gasteiger partial charge in [0.1, 0.15) is 5.82 Å². The van der Waals surface area contributed by atoms with Crippen molar-refractivity contribution in [1.82, 2.24) is 0 Å². The van der Waals surface area contributed by atoms with Crippen LogP contribution in [0.1, 0.15) is 57.4 Å². The molecule has 1 aromatic carbocycles. The lowest BCUT2D eigenvalue weighted by Crippen LogP contribution is -2.28. The average molecular weight is 333 g/mol. The Morgan fingerprint density at radius 2 is 1.52 bits per heavy atom. The van der Waals surface area contributed by atoms with E-state index >= 15 is 0 Å². The van der Waals surface area contributed by atoms with Crippen LogP contribution >= 0.6 is 0 Å². The minimum atomic E-state index is -0.513. The summed E-state index contributed by atoms with van der Waals surface area (Å²) in [6.07, 6.45) is 11.7. The lowest BCUT2D eigenvalue weighted by molar-refractivity contribution is 0.189. The van der Waals surface area contributed by atoms with E-state index in [2.05, 4.69) is 6.92 Å². The molecular weight excluding hydrogens is 299 g/mol. The number of hydrogen-bond donors (Lipinski definition) is 0. The highest BCUT2D eigenvalue weighted by molar-refractivity contribution is 6.59. The first kappa shape index (κ1) is 17.2. The SMILES string of the molecule is CC[C@H]1CC[C@H]([C@H]2CC[Si@H](CCc3ccc(F)cc3)CC2)CC1. The number of halogens is 1. The van der Waals surface area contributed by atoms with E-state index < -0.39 is 8.80 Å². The van der Waals surface area contributed by atoms with Gasteiger partial charge in [0.2, 0.25) is 0 Å². The van der Waals surface area contributed by atoms with E-state index in [-0.39, 0.29) is 5.82 Å². The second kappa shape index (κ2) is 8.46. The zero-order valence-electron chi connectivity index (χ0n) is 14.8. The molecule has 0 nitrogen and oxygen atoms in total. The molecule has 1 aliphatic heterocycles. The van der Waals surface area contributed by atoms with E-state index in [4.69, 9.17) is 0 Å². The number of rotatable bonds is 5. The lowest BCUT2D eigenvalue weighted by atomic mass is 9.73. The lowest BCUT2D eigenvalue weighted by Gasteiger charge is -2.37. The summed E-state index contributed by atoms with van der Waals surface area (Å²) < 4.78 is 13.0. The molecule has 0 spiro atoms. The second-order valence-electron chi connectivity index (χ2n) is 8.14. The van der Waals surface area contributed by atoms with Gasteiger partial charge in [-0.1, -0.05) is 69.3 Å². The van der Waals surface area contributed by atoms with Crippen LogP contribution in [0.2, 0.25) is 18.1 Å². The van der Waals surface area contributed by atoms with Crippen LogP contribution in [-0.2, 0) is 6.42 Å². The summed E-state index contributed by atoms with van der Waals surface area (Å²) in [4.78, 5) is 0. The van der Waals surface area contributed by atoms with Crippen molar-refractivity contribution < 1.29 is 4.39 Å². The van der Waals surface area contributed by atoms with Crippen LogP contribution in [-0.4, -0.2) is 8.80 Å². The van der Waals surface area contributed by atoms with Gasteiger partial charge in [0.05, 0.1) is 0 Å². The van der Waals surface area contributed by atoms with E-state index in [9.17, 15) is 4.39 Å². The van der Waals surface area contributed by atoms with Crippen molar-refractivity contribution in [1.29, 1.82) is 0 Å². The molecule has 0 amide bonds. The monoisotopic (exact) mass is 332 g/mol. The van der Waals surface area contributed by atoms with Gasteiger partial charge < -0.3 is 0 Å². The first-order valence-electron chi connectivity index (χ1n) is 9.99. The van der Waals surface area contributed by atoms with Crippen LogP contribution in [0.25, 0.3) is 0 Å². The van der Waals surface area contributed by atoms with Gasteiger partial charge in [0.25, 0.3) is 0 Å². The molecule has 0 unspecified atom stereocenters. The minimum Gasteiger partial charge on any atom is -0.207 e. The first-order valence-corrected chi connectivity index (χ1v) is 12.4. The first-order chi connectivity index (χ1) is 11.2. The van der Waals surface area contributed by atoms with Gasteiger partial charge in [-0.15, -0.1) is 0 Å². The third-order valence-corrected chi connectivity index (χ3v) is 10.2. The molecular formula is C21H33FSi. The third-order valence-electron chi connectivity index (χ3n) is 6.78. The fourth-order valence-electron chi connectivity index (χ4n) is 5.04. The Morgan fingerprint density at radius 1 is 0.913 bits per heavy atom. The van der Waals surface area contributed by atoms with E-state index in [0.29, 0.717) is 0 Å². The van der Waals surface area contributed by atoms with E-state index in [1.807, 2.05) is 12.1 Å². The maximum absolute atomic E-state index is 13.0. The van der Waals surface area contributed by atoms with Crippen molar-refractivity contribution >= 4 is 8.80 Å². The molecule has 1 saturated carbocycles. The predicted octanol–water partition coefficient (Wildman–Crippen LogP) is 6.22. The predicted molar refractivity (Wildman–Crippen MR) is 100 cm³/mol. The molecule has 1 saturated heterocycles. The van der Waals surface area contributed by atoms with Gasteiger partial charge in [-0.2, -0.15) is 0 Å². The van der Waals surface area contributed by atoms with Gasteiger partial charge in [-0.05, 0) is 54.7 Å². The van der Waals surface area contributed by atoms with Gasteiger partial charge in [0.15, 0.2) is 0 Å². The molecule has 1 aromatic rings. The molecule has 0 radical (unpaired) electrons. The van der Waals surface area contributed by atoms with Gasteiger partial charge in [-0.25, -0.2) is 4.39 Å². The second-order valence-corrected chi connectivity index (χ2v) is 11.6. The van der Waals surface area contributed by atoms with Crippen LogP contribution in [0.4, 0.5) is 4.39 Å². The molecule has 128 valence electrons. The quantitative estimate of drug-likeness (QED) is 0.561.